The highest BCUT2D eigenvalue weighted by atomic mass is 35.5. The van der Waals surface area contributed by atoms with Gasteiger partial charge in [-0.25, -0.2) is 0 Å². The van der Waals surface area contributed by atoms with Crippen molar-refractivity contribution in [2.75, 3.05) is 6.61 Å². The number of rotatable bonds is 4. The van der Waals surface area contributed by atoms with E-state index in [0.29, 0.717) is 16.3 Å². The van der Waals surface area contributed by atoms with Crippen LogP contribution < -0.4 is 20.9 Å². The van der Waals surface area contributed by atoms with Gasteiger partial charge < -0.3 is 4.74 Å². The van der Waals surface area contributed by atoms with Crippen molar-refractivity contribution < 1.29 is 14.3 Å². The van der Waals surface area contributed by atoms with Crippen LogP contribution in [0.1, 0.15) is 15.9 Å². The molecule has 0 radical (unpaired) electrons. The van der Waals surface area contributed by atoms with Gasteiger partial charge in [0.15, 0.2) is 11.7 Å². The first-order valence-corrected chi connectivity index (χ1v) is 8.08. The molecule has 0 aliphatic heterocycles. The van der Waals surface area contributed by atoms with E-state index in [1.165, 1.54) is 0 Å². The monoisotopic (exact) mass is 377 g/mol. The molecule has 0 atom stereocenters. The smallest absolute Gasteiger partial charge is 0.276 e. The van der Waals surface area contributed by atoms with Gasteiger partial charge in [0, 0.05) is 5.56 Å². The molecular formula is C17H16ClN3O3S. The van der Waals surface area contributed by atoms with Crippen molar-refractivity contribution in [1.82, 2.24) is 16.2 Å². The van der Waals surface area contributed by atoms with Gasteiger partial charge in [-0.2, -0.15) is 0 Å². The molecule has 2 amide bonds. The zero-order valence-electron chi connectivity index (χ0n) is 13.3. The maximum Gasteiger partial charge on any atom is 0.276 e. The van der Waals surface area contributed by atoms with E-state index in [2.05, 4.69) is 16.2 Å². The highest BCUT2D eigenvalue weighted by Gasteiger charge is 2.09. The van der Waals surface area contributed by atoms with Crippen molar-refractivity contribution in [2.24, 2.45) is 0 Å². The van der Waals surface area contributed by atoms with Gasteiger partial charge in [-0.3, -0.25) is 25.8 Å². The number of carbonyl (C=O) groups is 2. The average molecular weight is 378 g/mol. The number of hydrazine groups is 1. The van der Waals surface area contributed by atoms with Gasteiger partial charge in [-0.1, -0.05) is 41.4 Å². The van der Waals surface area contributed by atoms with Crippen LogP contribution >= 0.6 is 23.8 Å². The molecule has 25 heavy (non-hydrogen) atoms. The summed E-state index contributed by atoms with van der Waals surface area (Å²) >= 11 is 10.9. The number of amides is 2. The van der Waals surface area contributed by atoms with E-state index in [0.717, 1.165) is 5.56 Å². The number of ether oxygens (including phenoxy) is 1. The predicted octanol–water partition coefficient (Wildman–Crippen LogP) is 2.36. The van der Waals surface area contributed by atoms with E-state index in [1.54, 1.807) is 42.5 Å². The van der Waals surface area contributed by atoms with Crippen molar-refractivity contribution in [3.63, 3.8) is 0 Å². The fourth-order valence-electron chi connectivity index (χ4n) is 1.86. The number of nitrogens with one attached hydrogen (secondary N) is 3. The normalized spacial score (nSPS) is 9.84. The van der Waals surface area contributed by atoms with Crippen molar-refractivity contribution >= 4 is 40.7 Å². The molecule has 0 heterocycles. The number of benzene rings is 2. The second-order valence-corrected chi connectivity index (χ2v) is 5.86. The van der Waals surface area contributed by atoms with Gasteiger partial charge >= 0.3 is 0 Å². The number of halogens is 1. The van der Waals surface area contributed by atoms with Gasteiger partial charge in [-0.15, -0.1) is 0 Å². The maximum absolute atomic E-state index is 12.0. The minimum absolute atomic E-state index is 0.0300. The molecule has 0 saturated carbocycles. The third kappa shape index (κ3) is 6.06. The predicted molar refractivity (Wildman–Crippen MR) is 99.5 cm³/mol. The Bertz CT molecular complexity index is 798. The Morgan fingerprint density at radius 3 is 2.60 bits per heavy atom. The van der Waals surface area contributed by atoms with Crippen molar-refractivity contribution in [2.45, 2.75) is 6.92 Å². The fraction of sp³-hybridized carbons (Fsp3) is 0.118. The van der Waals surface area contributed by atoms with E-state index in [9.17, 15) is 9.59 Å². The third-order valence-corrected chi connectivity index (χ3v) is 3.53. The summed E-state index contributed by atoms with van der Waals surface area (Å²) in [6.45, 7) is 1.62. The molecule has 0 aromatic heterocycles. The molecule has 2 aromatic rings. The van der Waals surface area contributed by atoms with Crippen LogP contribution in [0.15, 0.2) is 48.5 Å². The minimum Gasteiger partial charge on any atom is -0.482 e. The zero-order valence-corrected chi connectivity index (χ0v) is 14.9. The number of aryl methyl sites for hydroxylation is 1. The zero-order chi connectivity index (χ0) is 18.2. The second kappa shape index (κ2) is 9.00. The standard InChI is InChI=1S/C17H16ClN3O3S/c1-11-5-4-6-12(9-11)16(23)19-17(25)21-20-15(22)10-24-14-8-3-2-7-13(14)18/h2-9H,10H2,1H3,(H,20,22)(H2,19,21,23,25). The molecule has 0 aliphatic carbocycles. The van der Waals surface area contributed by atoms with E-state index in [1.807, 2.05) is 13.0 Å². The molecule has 0 bridgehead atoms. The Labute approximate surface area is 155 Å². The van der Waals surface area contributed by atoms with E-state index < -0.39 is 5.91 Å². The topological polar surface area (TPSA) is 79.5 Å². The number of hydrogen-bond acceptors (Lipinski definition) is 4. The maximum atomic E-state index is 12.0. The molecular weight excluding hydrogens is 362 g/mol. The van der Waals surface area contributed by atoms with E-state index in [-0.39, 0.29) is 17.6 Å². The summed E-state index contributed by atoms with van der Waals surface area (Å²) in [6.07, 6.45) is 0. The molecule has 130 valence electrons. The van der Waals surface area contributed by atoms with Crippen molar-refractivity contribution in [3.05, 3.63) is 64.7 Å². The number of thiocarbonyl (C=S) groups is 1. The lowest BCUT2D eigenvalue weighted by atomic mass is 10.1. The SMILES string of the molecule is Cc1cccc(C(=O)NC(=S)NNC(=O)COc2ccccc2Cl)c1. The highest BCUT2D eigenvalue weighted by Crippen LogP contribution is 2.22. The third-order valence-electron chi connectivity index (χ3n) is 3.02. The molecule has 6 nitrogen and oxygen atoms in total. The highest BCUT2D eigenvalue weighted by molar-refractivity contribution is 7.80. The molecule has 2 rings (SSSR count). The molecule has 2 aromatic carbocycles. The van der Waals surface area contributed by atoms with Crippen LogP contribution in [0.3, 0.4) is 0 Å². The largest absolute Gasteiger partial charge is 0.482 e. The Hall–Kier alpha value is -2.64. The summed E-state index contributed by atoms with van der Waals surface area (Å²) in [5.41, 5.74) is 6.19. The van der Waals surface area contributed by atoms with Gasteiger partial charge in [0.2, 0.25) is 0 Å². The Balaban J connectivity index is 1.75. The molecule has 8 heteroatoms. The Kier molecular flexibility index (Phi) is 6.73. The summed E-state index contributed by atoms with van der Waals surface area (Å²) in [5.74, 6) is -0.454. The van der Waals surface area contributed by atoms with Gasteiger partial charge in [-0.05, 0) is 43.4 Å². The lowest BCUT2D eigenvalue weighted by Gasteiger charge is -2.12. The molecule has 3 N–H and O–H groups in total. The van der Waals surface area contributed by atoms with Crippen LogP contribution in [-0.4, -0.2) is 23.5 Å². The summed E-state index contributed by atoms with van der Waals surface area (Å²) in [7, 11) is 0. The Morgan fingerprint density at radius 1 is 1.12 bits per heavy atom. The van der Waals surface area contributed by atoms with E-state index in [4.69, 9.17) is 28.6 Å². The summed E-state index contributed by atoms with van der Waals surface area (Å²) < 4.78 is 5.28. The first-order chi connectivity index (χ1) is 12.0. The number of hydrogen-bond donors (Lipinski definition) is 3. The van der Waals surface area contributed by atoms with Crippen LogP contribution in [-0.2, 0) is 4.79 Å². The number of para-hydroxylation sites is 1. The van der Waals surface area contributed by atoms with Gasteiger partial charge in [0.1, 0.15) is 5.75 Å². The van der Waals surface area contributed by atoms with Crippen LogP contribution in [0.4, 0.5) is 0 Å². The van der Waals surface area contributed by atoms with Crippen molar-refractivity contribution in [1.29, 1.82) is 0 Å². The second-order valence-electron chi connectivity index (χ2n) is 5.05. The first-order valence-electron chi connectivity index (χ1n) is 7.30. The van der Waals surface area contributed by atoms with Crippen LogP contribution in [0.5, 0.6) is 5.75 Å². The van der Waals surface area contributed by atoms with Crippen LogP contribution in [0.25, 0.3) is 0 Å². The van der Waals surface area contributed by atoms with Crippen LogP contribution in [0.2, 0.25) is 5.02 Å². The van der Waals surface area contributed by atoms with Crippen molar-refractivity contribution in [3.8, 4) is 5.75 Å². The quantitative estimate of drug-likeness (QED) is 0.563. The molecule has 0 spiro atoms. The summed E-state index contributed by atoms with van der Waals surface area (Å²) in [5, 5.41) is 2.84. The van der Waals surface area contributed by atoms with Crippen LogP contribution in [0, 0.1) is 6.92 Å². The van der Waals surface area contributed by atoms with E-state index >= 15 is 0 Å². The lowest BCUT2D eigenvalue weighted by molar-refractivity contribution is -0.123. The molecule has 0 fully saturated rings. The molecule has 0 unspecified atom stereocenters. The fourth-order valence-corrected chi connectivity index (χ4v) is 2.19. The average Bonchev–Trinajstić information content (AvgIpc) is 2.59. The minimum atomic E-state index is -0.480. The Morgan fingerprint density at radius 2 is 1.88 bits per heavy atom. The molecule has 0 saturated heterocycles. The number of carbonyl (C=O) groups excluding carboxylic acids is 2. The molecule has 0 aliphatic rings. The summed E-state index contributed by atoms with van der Waals surface area (Å²) in [4.78, 5) is 23.7. The first kappa shape index (κ1) is 18.7. The summed E-state index contributed by atoms with van der Waals surface area (Å²) in [6, 6.07) is 13.9. The van der Waals surface area contributed by atoms with Gasteiger partial charge in [0.05, 0.1) is 5.02 Å². The van der Waals surface area contributed by atoms with Gasteiger partial charge in [0.25, 0.3) is 11.8 Å². The lowest BCUT2D eigenvalue weighted by Crippen LogP contribution is -2.49.